The smallest absolute Gasteiger partial charge is 0.271 e. The Morgan fingerprint density at radius 3 is 2.43 bits per heavy atom. The van der Waals surface area contributed by atoms with E-state index in [0.717, 1.165) is 16.7 Å². The standard InChI is InChI=1S/C19H16N2O2/c22-18-17-11-14-8-4-5-9-15(14)12-21(17)19(23)16(20-18)10-13-6-2-1-3-7-13/h1-10,17H,11-12H2,(H,20,22). The molecule has 4 rings (SSSR count). The van der Waals surface area contributed by atoms with Crippen molar-refractivity contribution in [3.63, 3.8) is 0 Å². The summed E-state index contributed by atoms with van der Waals surface area (Å²) in [6.07, 6.45) is 2.31. The second-order valence-electron chi connectivity index (χ2n) is 5.88. The summed E-state index contributed by atoms with van der Waals surface area (Å²) in [5, 5.41) is 2.78. The van der Waals surface area contributed by atoms with Crippen molar-refractivity contribution in [2.24, 2.45) is 0 Å². The van der Waals surface area contributed by atoms with Gasteiger partial charge in [0.1, 0.15) is 11.7 Å². The second-order valence-corrected chi connectivity index (χ2v) is 5.88. The summed E-state index contributed by atoms with van der Waals surface area (Å²) >= 11 is 0. The number of fused-ring (bicyclic) bond motifs is 2. The molecule has 2 aliphatic rings. The molecule has 1 atom stereocenters. The van der Waals surface area contributed by atoms with E-state index in [4.69, 9.17) is 0 Å². The summed E-state index contributed by atoms with van der Waals surface area (Å²) in [7, 11) is 0. The Morgan fingerprint density at radius 1 is 0.957 bits per heavy atom. The van der Waals surface area contributed by atoms with Crippen LogP contribution in [0.5, 0.6) is 0 Å². The number of piperazine rings is 1. The second kappa shape index (κ2) is 5.39. The Bertz CT molecular complexity index is 811. The summed E-state index contributed by atoms with van der Waals surface area (Å²) < 4.78 is 0. The average molecular weight is 304 g/mol. The fourth-order valence-electron chi connectivity index (χ4n) is 3.21. The number of nitrogens with zero attached hydrogens (tertiary/aromatic N) is 1. The lowest BCUT2D eigenvalue weighted by Crippen LogP contribution is -2.58. The van der Waals surface area contributed by atoms with Crippen LogP contribution in [-0.4, -0.2) is 22.8 Å². The van der Waals surface area contributed by atoms with Crippen LogP contribution >= 0.6 is 0 Å². The quantitative estimate of drug-likeness (QED) is 0.820. The first-order valence-corrected chi connectivity index (χ1v) is 7.68. The SMILES string of the molecule is O=C1NC(=Cc2ccccc2)C(=O)N2Cc3ccccc3CC12. The van der Waals surface area contributed by atoms with E-state index in [0.29, 0.717) is 18.7 Å². The van der Waals surface area contributed by atoms with Gasteiger partial charge >= 0.3 is 0 Å². The van der Waals surface area contributed by atoms with Gasteiger partial charge < -0.3 is 10.2 Å². The number of carbonyl (C=O) groups excluding carboxylic acids is 2. The molecule has 2 aliphatic heterocycles. The van der Waals surface area contributed by atoms with Crippen LogP contribution in [0.2, 0.25) is 0 Å². The summed E-state index contributed by atoms with van der Waals surface area (Å²) in [6, 6.07) is 17.1. The van der Waals surface area contributed by atoms with Crippen molar-refractivity contribution >= 4 is 17.9 Å². The van der Waals surface area contributed by atoms with E-state index in [1.54, 1.807) is 11.0 Å². The van der Waals surface area contributed by atoms with Crippen molar-refractivity contribution in [1.82, 2.24) is 10.2 Å². The lowest BCUT2D eigenvalue weighted by molar-refractivity contribution is -0.143. The number of benzene rings is 2. The predicted octanol–water partition coefficient (Wildman–Crippen LogP) is 2.11. The molecule has 1 saturated heterocycles. The molecule has 23 heavy (non-hydrogen) atoms. The first-order chi connectivity index (χ1) is 11.2. The van der Waals surface area contributed by atoms with Crippen LogP contribution in [0.4, 0.5) is 0 Å². The normalized spacial score (nSPS) is 21.7. The maximum absolute atomic E-state index is 12.8. The number of hydrogen-bond acceptors (Lipinski definition) is 2. The Hall–Kier alpha value is -2.88. The number of carbonyl (C=O) groups is 2. The van der Waals surface area contributed by atoms with Gasteiger partial charge in [-0.15, -0.1) is 0 Å². The zero-order valence-electron chi connectivity index (χ0n) is 12.5. The number of hydrogen-bond donors (Lipinski definition) is 1. The summed E-state index contributed by atoms with van der Waals surface area (Å²) in [5.41, 5.74) is 3.50. The molecule has 114 valence electrons. The molecule has 2 aromatic rings. The molecule has 0 spiro atoms. The zero-order chi connectivity index (χ0) is 15.8. The van der Waals surface area contributed by atoms with E-state index < -0.39 is 6.04 Å². The van der Waals surface area contributed by atoms with Crippen LogP contribution in [0.25, 0.3) is 6.08 Å². The Kier molecular flexibility index (Phi) is 3.23. The molecule has 1 unspecified atom stereocenters. The van der Waals surface area contributed by atoms with Crippen LogP contribution in [0.15, 0.2) is 60.3 Å². The maximum Gasteiger partial charge on any atom is 0.271 e. The van der Waals surface area contributed by atoms with Crippen molar-refractivity contribution in [2.75, 3.05) is 0 Å². The van der Waals surface area contributed by atoms with Gasteiger partial charge in [-0.1, -0.05) is 54.6 Å². The minimum atomic E-state index is -0.412. The molecule has 0 bridgehead atoms. The summed E-state index contributed by atoms with van der Waals surface area (Å²) in [6.45, 7) is 0.485. The average Bonchev–Trinajstić information content (AvgIpc) is 2.59. The Labute approximate surface area is 134 Å². The third kappa shape index (κ3) is 2.42. The maximum atomic E-state index is 12.8. The van der Waals surface area contributed by atoms with Crippen LogP contribution in [0.1, 0.15) is 16.7 Å². The zero-order valence-corrected chi connectivity index (χ0v) is 12.5. The minimum absolute atomic E-state index is 0.110. The molecule has 1 N–H and O–H groups in total. The van der Waals surface area contributed by atoms with Gasteiger partial charge in [0.2, 0.25) is 5.91 Å². The van der Waals surface area contributed by atoms with Crippen molar-refractivity contribution in [1.29, 1.82) is 0 Å². The lowest BCUT2D eigenvalue weighted by atomic mass is 9.91. The molecule has 1 fully saturated rings. The summed E-state index contributed by atoms with van der Waals surface area (Å²) in [4.78, 5) is 26.9. The van der Waals surface area contributed by atoms with Crippen LogP contribution in [-0.2, 0) is 22.6 Å². The van der Waals surface area contributed by atoms with Crippen molar-refractivity contribution in [3.8, 4) is 0 Å². The molecule has 0 aromatic heterocycles. The molecule has 2 aromatic carbocycles. The van der Waals surface area contributed by atoms with Gasteiger partial charge in [0.15, 0.2) is 0 Å². The Morgan fingerprint density at radius 2 is 1.65 bits per heavy atom. The van der Waals surface area contributed by atoms with Gasteiger partial charge in [0.25, 0.3) is 5.91 Å². The molecule has 4 nitrogen and oxygen atoms in total. The van der Waals surface area contributed by atoms with Gasteiger partial charge in [-0.25, -0.2) is 0 Å². The first kappa shape index (κ1) is 13.8. The highest BCUT2D eigenvalue weighted by atomic mass is 16.2. The molecule has 0 saturated carbocycles. The monoisotopic (exact) mass is 304 g/mol. The minimum Gasteiger partial charge on any atom is -0.321 e. The highest BCUT2D eigenvalue weighted by Crippen LogP contribution is 2.27. The van der Waals surface area contributed by atoms with Gasteiger partial charge in [-0.05, 0) is 22.8 Å². The highest BCUT2D eigenvalue weighted by molar-refractivity contribution is 6.07. The molecule has 0 radical (unpaired) electrons. The highest BCUT2D eigenvalue weighted by Gasteiger charge is 2.40. The third-order valence-electron chi connectivity index (χ3n) is 4.41. The van der Waals surface area contributed by atoms with Gasteiger partial charge in [-0.3, -0.25) is 9.59 Å². The molecule has 2 amide bonds. The fourth-order valence-corrected chi connectivity index (χ4v) is 3.21. The third-order valence-corrected chi connectivity index (χ3v) is 4.41. The molecular formula is C19H16N2O2. The molecule has 0 aliphatic carbocycles. The van der Waals surface area contributed by atoms with E-state index >= 15 is 0 Å². The number of nitrogens with one attached hydrogen (secondary N) is 1. The predicted molar refractivity (Wildman–Crippen MR) is 87.0 cm³/mol. The van der Waals surface area contributed by atoms with Gasteiger partial charge in [0, 0.05) is 13.0 Å². The molecule has 2 heterocycles. The van der Waals surface area contributed by atoms with Crippen LogP contribution in [0.3, 0.4) is 0 Å². The molecule has 4 heteroatoms. The van der Waals surface area contributed by atoms with Crippen molar-refractivity contribution in [3.05, 3.63) is 77.0 Å². The van der Waals surface area contributed by atoms with Gasteiger partial charge in [-0.2, -0.15) is 0 Å². The molecular weight excluding hydrogens is 288 g/mol. The van der Waals surface area contributed by atoms with Crippen LogP contribution < -0.4 is 5.32 Å². The first-order valence-electron chi connectivity index (χ1n) is 7.68. The van der Waals surface area contributed by atoms with E-state index in [1.807, 2.05) is 54.6 Å². The summed E-state index contributed by atoms with van der Waals surface area (Å²) in [5.74, 6) is -0.228. The van der Waals surface area contributed by atoms with E-state index in [9.17, 15) is 9.59 Å². The number of rotatable bonds is 1. The van der Waals surface area contributed by atoms with E-state index in [-0.39, 0.29) is 11.8 Å². The van der Waals surface area contributed by atoms with Crippen LogP contribution in [0, 0.1) is 0 Å². The lowest BCUT2D eigenvalue weighted by Gasteiger charge is -2.39. The van der Waals surface area contributed by atoms with Crippen molar-refractivity contribution in [2.45, 2.75) is 19.0 Å². The van der Waals surface area contributed by atoms with E-state index in [2.05, 4.69) is 5.32 Å². The largest absolute Gasteiger partial charge is 0.321 e. The number of amides is 2. The fraction of sp³-hybridized carbons (Fsp3) is 0.158. The van der Waals surface area contributed by atoms with Crippen molar-refractivity contribution < 1.29 is 9.59 Å². The van der Waals surface area contributed by atoms with Gasteiger partial charge in [0.05, 0.1) is 0 Å². The van der Waals surface area contributed by atoms with E-state index in [1.165, 1.54) is 0 Å². The topological polar surface area (TPSA) is 49.4 Å². The Balaban J connectivity index is 1.69.